The molecule has 11 nitrogen and oxygen atoms in total. The van der Waals surface area contributed by atoms with Crippen molar-refractivity contribution >= 4 is 50.5 Å². The number of nitrogens with one attached hydrogen (secondary N) is 2. The SMILES string of the molecule is CC(=O)N1CCC(c2cc(OC3CC3)c(Nc3ncc(Cl)c(Nc4cn(C)nc4S(=O)(=O)C(C)C)n3)cc2C)CC1. The van der Waals surface area contributed by atoms with Crippen LogP contribution in [0.15, 0.2) is 29.6 Å². The summed E-state index contributed by atoms with van der Waals surface area (Å²) in [6.45, 7) is 8.42. The highest BCUT2D eigenvalue weighted by molar-refractivity contribution is 7.92. The number of sulfone groups is 1. The van der Waals surface area contributed by atoms with Crippen LogP contribution in [0.25, 0.3) is 0 Å². The van der Waals surface area contributed by atoms with Gasteiger partial charge in [0.25, 0.3) is 0 Å². The molecule has 220 valence electrons. The minimum absolute atomic E-state index is 0.0698. The number of amides is 1. The molecule has 0 unspecified atom stereocenters. The van der Waals surface area contributed by atoms with Gasteiger partial charge in [-0.25, -0.2) is 13.4 Å². The van der Waals surface area contributed by atoms with Crippen molar-refractivity contribution < 1.29 is 17.9 Å². The lowest BCUT2D eigenvalue weighted by Crippen LogP contribution is -2.36. The molecule has 2 N–H and O–H groups in total. The van der Waals surface area contributed by atoms with E-state index in [0.29, 0.717) is 5.92 Å². The van der Waals surface area contributed by atoms with Gasteiger partial charge >= 0.3 is 0 Å². The predicted molar refractivity (Wildman–Crippen MR) is 158 cm³/mol. The Labute approximate surface area is 245 Å². The first kappa shape index (κ1) is 29.1. The van der Waals surface area contributed by atoms with Gasteiger partial charge in [0.2, 0.25) is 26.7 Å². The van der Waals surface area contributed by atoms with Gasteiger partial charge in [-0.15, -0.1) is 0 Å². The Hall–Kier alpha value is -3.38. The lowest BCUT2D eigenvalue weighted by Gasteiger charge is -2.32. The first-order valence-corrected chi connectivity index (χ1v) is 15.8. The molecule has 0 bridgehead atoms. The molecule has 2 fully saturated rings. The Morgan fingerprint density at radius 1 is 1.12 bits per heavy atom. The summed E-state index contributed by atoms with van der Waals surface area (Å²) >= 11 is 6.41. The van der Waals surface area contributed by atoms with Gasteiger partial charge in [-0.05, 0) is 75.6 Å². The summed E-state index contributed by atoms with van der Waals surface area (Å²) in [4.78, 5) is 22.6. The normalized spacial score (nSPS) is 16.2. The molecule has 41 heavy (non-hydrogen) atoms. The summed E-state index contributed by atoms with van der Waals surface area (Å²) in [5.74, 6) is 1.71. The quantitative estimate of drug-likeness (QED) is 0.343. The summed E-state index contributed by atoms with van der Waals surface area (Å²) in [5, 5.41) is 9.99. The number of likely N-dealkylation sites (tertiary alicyclic amines) is 1. The number of hydrogen-bond donors (Lipinski definition) is 2. The molecule has 13 heteroatoms. The topological polar surface area (TPSA) is 131 Å². The van der Waals surface area contributed by atoms with E-state index in [1.54, 1.807) is 34.0 Å². The van der Waals surface area contributed by atoms with Crippen LogP contribution in [0, 0.1) is 6.92 Å². The number of ether oxygens (including phenoxy) is 1. The maximum atomic E-state index is 12.9. The van der Waals surface area contributed by atoms with Gasteiger partial charge in [0.05, 0.1) is 28.9 Å². The van der Waals surface area contributed by atoms with Crippen molar-refractivity contribution in [2.24, 2.45) is 7.05 Å². The minimum Gasteiger partial charge on any atom is -0.488 e. The molecule has 2 aliphatic rings. The largest absolute Gasteiger partial charge is 0.488 e. The van der Waals surface area contributed by atoms with Crippen LogP contribution >= 0.6 is 11.6 Å². The lowest BCUT2D eigenvalue weighted by atomic mass is 9.86. The molecule has 3 aromatic rings. The number of aryl methyl sites for hydroxylation is 2. The summed E-state index contributed by atoms with van der Waals surface area (Å²) in [5.41, 5.74) is 3.35. The lowest BCUT2D eigenvalue weighted by molar-refractivity contribution is -0.129. The highest BCUT2D eigenvalue weighted by Crippen LogP contribution is 2.40. The average molecular weight is 602 g/mol. The van der Waals surface area contributed by atoms with Crippen LogP contribution in [0.3, 0.4) is 0 Å². The molecule has 1 aliphatic carbocycles. The van der Waals surface area contributed by atoms with Crippen molar-refractivity contribution in [2.45, 2.75) is 75.7 Å². The third kappa shape index (κ3) is 6.43. The molecular weight excluding hydrogens is 566 g/mol. The zero-order chi connectivity index (χ0) is 29.5. The number of carbonyl (C=O) groups excluding carboxylic acids is 1. The van der Waals surface area contributed by atoms with E-state index in [-0.39, 0.29) is 39.5 Å². The molecule has 2 aromatic heterocycles. The first-order valence-electron chi connectivity index (χ1n) is 13.8. The second-order valence-electron chi connectivity index (χ2n) is 11.1. The van der Waals surface area contributed by atoms with E-state index >= 15 is 0 Å². The van der Waals surface area contributed by atoms with E-state index in [0.717, 1.165) is 55.8 Å². The Bertz CT molecular complexity index is 1560. The zero-order valence-corrected chi connectivity index (χ0v) is 25.5. The number of nitrogens with zero attached hydrogens (tertiary/aromatic N) is 5. The Balaban J connectivity index is 1.41. The van der Waals surface area contributed by atoms with E-state index in [2.05, 4.69) is 38.7 Å². The van der Waals surface area contributed by atoms with Gasteiger partial charge in [-0.3, -0.25) is 9.48 Å². The van der Waals surface area contributed by atoms with Gasteiger partial charge in [0.15, 0.2) is 5.82 Å². The van der Waals surface area contributed by atoms with Crippen LogP contribution < -0.4 is 15.4 Å². The van der Waals surface area contributed by atoms with Crippen LogP contribution in [-0.2, 0) is 21.7 Å². The van der Waals surface area contributed by atoms with Crippen molar-refractivity contribution in [3.63, 3.8) is 0 Å². The molecule has 1 saturated carbocycles. The maximum absolute atomic E-state index is 12.9. The molecule has 3 heterocycles. The monoisotopic (exact) mass is 601 g/mol. The van der Waals surface area contributed by atoms with E-state index in [1.165, 1.54) is 16.4 Å². The molecular formula is C28H36ClN7O4S. The van der Waals surface area contributed by atoms with Gasteiger partial charge in [0.1, 0.15) is 10.8 Å². The van der Waals surface area contributed by atoms with Crippen molar-refractivity contribution in [1.29, 1.82) is 0 Å². The molecule has 1 aromatic carbocycles. The molecule has 1 amide bonds. The summed E-state index contributed by atoms with van der Waals surface area (Å²) in [6, 6.07) is 4.15. The van der Waals surface area contributed by atoms with Crippen LogP contribution in [0.5, 0.6) is 5.75 Å². The van der Waals surface area contributed by atoms with Crippen LogP contribution in [-0.4, -0.2) is 63.4 Å². The second kappa shape index (κ2) is 11.5. The number of benzene rings is 1. The fourth-order valence-corrected chi connectivity index (χ4v) is 6.20. The number of halogens is 1. The maximum Gasteiger partial charge on any atom is 0.229 e. The van der Waals surface area contributed by atoms with Gasteiger partial charge in [-0.1, -0.05) is 11.6 Å². The molecule has 0 atom stereocenters. The van der Waals surface area contributed by atoms with E-state index in [9.17, 15) is 13.2 Å². The number of rotatable bonds is 9. The van der Waals surface area contributed by atoms with Gasteiger partial charge < -0.3 is 20.3 Å². The van der Waals surface area contributed by atoms with E-state index in [1.807, 2.05) is 11.0 Å². The number of carbonyl (C=O) groups is 1. The third-order valence-electron chi connectivity index (χ3n) is 7.50. The summed E-state index contributed by atoms with van der Waals surface area (Å²) in [7, 11) is -2.00. The van der Waals surface area contributed by atoms with Gasteiger partial charge in [-0.2, -0.15) is 10.1 Å². The van der Waals surface area contributed by atoms with Crippen LogP contribution in [0.2, 0.25) is 5.02 Å². The van der Waals surface area contributed by atoms with Crippen molar-refractivity contribution in [2.75, 3.05) is 23.7 Å². The Morgan fingerprint density at radius 3 is 2.46 bits per heavy atom. The van der Waals surface area contributed by atoms with Crippen molar-refractivity contribution in [3.8, 4) is 5.75 Å². The molecule has 5 rings (SSSR count). The van der Waals surface area contributed by atoms with Crippen molar-refractivity contribution in [1.82, 2.24) is 24.6 Å². The highest BCUT2D eigenvalue weighted by atomic mass is 35.5. The zero-order valence-electron chi connectivity index (χ0n) is 23.9. The molecule has 0 spiro atoms. The third-order valence-corrected chi connectivity index (χ3v) is 9.85. The van der Waals surface area contributed by atoms with Crippen LogP contribution in [0.4, 0.5) is 23.1 Å². The average Bonchev–Trinajstić information content (AvgIpc) is 3.66. The molecule has 0 radical (unpaired) electrons. The van der Waals surface area contributed by atoms with E-state index in [4.69, 9.17) is 16.3 Å². The number of hydrogen-bond acceptors (Lipinski definition) is 9. The Kier molecular flexibility index (Phi) is 8.15. The first-order chi connectivity index (χ1) is 19.4. The van der Waals surface area contributed by atoms with Gasteiger partial charge in [0, 0.05) is 33.3 Å². The number of anilines is 4. The fourth-order valence-electron chi connectivity index (χ4n) is 4.96. The minimum atomic E-state index is -3.65. The van der Waals surface area contributed by atoms with Crippen LogP contribution in [0.1, 0.15) is 63.5 Å². The molecule has 1 saturated heterocycles. The number of piperidine rings is 1. The summed E-state index contributed by atoms with van der Waals surface area (Å²) in [6.07, 6.45) is 7.06. The van der Waals surface area contributed by atoms with E-state index < -0.39 is 15.1 Å². The highest BCUT2D eigenvalue weighted by Gasteiger charge is 2.29. The second-order valence-corrected chi connectivity index (χ2v) is 13.9. The fraction of sp³-hybridized carbons (Fsp3) is 0.500. The van der Waals surface area contributed by atoms with Crippen molar-refractivity contribution in [3.05, 3.63) is 40.7 Å². The standard InChI is InChI=1S/C28H36ClN7O4S/c1-16(2)41(38,39)27-24(15-35(5)34-27)31-26-22(29)14-30-28(33-26)32-23-12-17(3)21(13-25(23)40-20-6-7-20)19-8-10-36(11-9-19)18(4)37/h12-16,19-20H,6-11H2,1-5H3,(H2,30,31,32,33). The molecule has 1 aliphatic heterocycles. The smallest absolute Gasteiger partial charge is 0.229 e. The summed E-state index contributed by atoms with van der Waals surface area (Å²) < 4.78 is 33.5. The number of aromatic nitrogens is 4. The Morgan fingerprint density at radius 2 is 1.83 bits per heavy atom. The predicted octanol–water partition coefficient (Wildman–Crippen LogP) is 5.11.